The molecule has 0 aliphatic rings. The van der Waals surface area contributed by atoms with Crippen molar-refractivity contribution in [3.63, 3.8) is 0 Å². The average Bonchev–Trinajstić information content (AvgIpc) is 2.90. The summed E-state index contributed by atoms with van der Waals surface area (Å²) in [6.07, 6.45) is 2.13. The van der Waals surface area contributed by atoms with E-state index in [1.54, 1.807) is 6.07 Å². The van der Waals surface area contributed by atoms with Crippen LogP contribution in [-0.2, 0) is 32.6 Å². The zero-order valence-electron chi connectivity index (χ0n) is 23.4. The molecule has 0 aliphatic carbocycles. The Hall–Kier alpha value is -3.65. The predicted octanol–water partition coefficient (Wildman–Crippen LogP) is 4.62. The van der Waals surface area contributed by atoms with Crippen molar-refractivity contribution in [1.82, 2.24) is 10.2 Å². The van der Waals surface area contributed by atoms with Crippen LogP contribution in [0.15, 0.2) is 78.9 Å². The number of carbonyl (C=O) groups is 2. The van der Waals surface area contributed by atoms with E-state index in [9.17, 15) is 18.0 Å². The van der Waals surface area contributed by atoms with Crippen LogP contribution in [0.25, 0.3) is 0 Å². The molecule has 2 amide bonds. The summed E-state index contributed by atoms with van der Waals surface area (Å²) < 4.78 is 27.0. The van der Waals surface area contributed by atoms with Crippen LogP contribution in [0.2, 0.25) is 0 Å². The van der Waals surface area contributed by atoms with E-state index in [2.05, 4.69) is 5.32 Å². The van der Waals surface area contributed by atoms with E-state index >= 15 is 0 Å². The first kappa shape index (κ1) is 29.9. The summed E-state index contributed by atoms with van der Waals surface area (Å²) in [5, 5.41) is 3.04. The molecule has 8 heteroatoms. The second kappa shape index (κ2) is 13.4. The molecule has 0 unspecified atom stereocenters. The van der Waals surface area contributed by atoms with Gasteiger partial charge < -0.3 is 10.2 Å². The zero-order valence-corrected chi connectivity index (χ0v) is 24.2. The molecule has 0 fully saturated rings. The zero-order chi connectivity index (χ0) is 28.6. The molecule has 0 bridgehead atoms. The number of aryl methyl sites for hydroxylation is 2. The largest absolute Gasteiger partial charge is 0.352 e. The molecule has 0 aromatic heterocycles. The van der Waals surface area contributed by atoms with Gasteiger partial charge in [0.15, 0.2) is 0 Å². The summed E-state index contributed by atoms with van der Waals surface area (Å²) in [4.78, 5) is 29.3. The Morgan fingerprint density at radius 1 is 0.897 bits per heavy atom. The fourth-order valence-electron chi connectivity index (χ4n) is 4.46. The highest BCUT2D eigenvalue weighted by atomic mass is 32.2. The van der Waals surface area contributed by atoms with E-state index in [-0.39, 0.29) is 18.5 Å². The van der Waals surface area contributed by atoms with E-state index in [4.69, 9.17) is 0 Å². The van der Waals surface area contributed by atoms with Crippen LogP contribution < -0.4 is 9.62 Å². The summed E-state index contributed by atoms with van der Waals surface area (Å²) >= 11 is 0. The molecule has 3 aromatic carbocycles. The topological polar surface area (TPSA) is 86.8 Å². The number of rotatable bonds is 12. The number of nitrogens with one attached hydrogen (secondary N) is 1. The number of nitrogens with zero attached hydrogens (tertiary/aromatic N) is 2. The maximum atomic E-state index is 14.1. The molecular formula is C31H39N3O4S. The first-order chi connectivity index (χ1) is 18.5. The Bertz CT molecular complexity index is 1360. The second-order valence-electron chi connectivity index (χ2n) is 10.1. The summed E-state index contributed by atoms with van der Waals surface area (Å²) in [5.74, 6) is -0.723. The van der Waals surface area contributed by atoms with Crippen LogP contribution in [0.1, 0.15) is 42.5 Å². The number of amides is 2. The number of benzene rings is 3. The number of anilines is 1. The molecule has 3 rings (SSSR count). The highest BCUT2D eigenvalue weighted by molar-refractivity contribution is 7.92. The molecule has 0 saturated heterocycles. The monoisotopic (exact) mass is 549 g/mol. The van der Waals surface area contributed by atoms with Crippen molar-refractivity contribution in [1.29, 1.82) is 0 Å². The van der Waals surface area contributed by atoms with E-state index in [1.165, 1.54) is 4.90 Å². The maximum absolute atomic E-state index is 14.1. The Balaban J connectivity index is 2.06. The predicted molar refractivity (Wildman–Crippen MR) is 157 cm³/mol. The molecule has 0 saturated carbocycles. The van der Waals surface area contributed by atoms with Gasteiger partial charge in [0.1, 0.15) is 12.6 Å². The third-order valence-electron chi connectivity index (χ3n) is 6.77. The lowest BCUT2D eigenvalue weighted by molar-refractivity contribution is -0.140. The standard InChI is InChI=1S/C31H39N3O4S/c1-6-25(4)32-31(36)29(20-26-13-9-7-10-14-26)33(21-27-15-11-8-12-16-27)30(35)22-34(39(5,37)38)28-18-17-23(2)19-24(28)3/h7-19,25,29H,6,20-22H2,1-5H3,(H,32,36)/t25-,29+/m1/s1. The lowest BCUT2D eigenvalue weighted by atomic mass is 10.0. The van der Waals surface area contributed by atoms with Gasteiger partial charge in [-0.2, -0.15) is 0 Å². The van der Waals surface area contributed by atoms with Crippen molar-refractivity contribution in [3.8, 4) is 0 Å². The van der Waals surface area contributed by atoms with Crippen LogP contribution in [0.4, 0.5) is 5.69 Å². The molecule has 0 radical (unpaired) electrons. The molecule has 0 aliphatic heterocycles. The fourth-order valence-corrected chi connectivity index (χ4v) is 5.36. The fraction of sp³-hybridized carbons (Fsp3) is 0.355. The van der Waals surface area contributed by atoms with E-state index in [0.717, 1.165) is 39.2 Å². The van der Waals surface area contributed by atoms with Gasteiger partial charge in [0.2, 0.25) is 21.8 Å². The molecular weight excluding hydrogens is 510 g/mol. The molecule has 3 aromatic rings. The average molecular weight is 550 g/mol. The molecule has 0 heterocycles. The van der Waals surface area contributed by atoms with Gasteiger partial charge in [0, 0.05) is 19.0 Å². The first-order valence-corrected chi connectivity index (χ1v) is 15.1. The molecule has 2 atom stereocenters. The SMILES string of the molecule is CC[C@@H](C)NC(=O)[C@H](Cc1ccccc1)N(Cc1ccccc1)C(=O)CN(c1ccc(C)cc1C)S(C)(=O)=O. The van der Waals surface area contributed by atoms with Gasteiger partial charge in [-0.3, -0.25) is 13.9 Å². The first-order valence-electron chi connectivity index (χ1n) is 13.2. The molecule has 208 valence electrons. The quantitative estimate of drug-likeness (QED) is 0.357. The Kier molecular flexibility index (Phi) is 10.3. The Labute approximate surface area is 232 Å². The van der Waals surface area contributed by atoms with E-state index in [1.807, 2.05) is 100 Å². The van der Waals surface area contributed by atoms with Crippen molar-refractivity contribution in [3.05, 3.63) is 101 Å². The van der Waals surface area contributed by atoms with Gasteiger partial charge in [0.25, 0.3) is 0 Å². The van der Waals surface area contributed by atoms with Crippen LogP contribution in [0.3, 0.4) is 0 Å². The summed E-state index contributed by atoms with van der Waals surface area (Å²) in [5.41, 5.74) is 3.93. The number of hydrogen-bond acceptors (Lipinski definition) is 4. The molecule has 7 nitrogen and oxygen atoms in total. The van der Waals surface area contributed by atoms with Gasteiger partial charge in [-0.05, 0) is 49.9 Å². The van der Waals surface area contributed by atoms with Crippen molar-refractivity contribution in [2.24, 2.45) is 0 Å². The summed E-state index contributed by atoms with van der Waals surface area (Å²) in [6, 6.07) is 23.5. The normalized spacial score (nSPS) is 12.8. The molecule has 39 heavy (non-hydrogen) atoms. The third kappa shape index (κ3) is 8.42. The smallest absolute Gasteiger partial charge is 0.244 e. The third-order valence-corrected chi connectivity index (χ3v) is 7.89. The van der Waals surface area contributed by atoms with Gasteiger partial charge in [-0.1, -0.05) is 85.3 Å². The molecule has 0 spiro atoms. The van der Waals surface area contributed by atoms with Crippen LogP contribution in [-0.4, -0.2) is 50.0 Å². The summed E-state index contributed by atoms with van der Waals surface area (Å²) in [6.45, 7) is 7.40. The second-order valence-corrected chi connectivity index (χ2v) is 12.0. The van der Waals surface area contributed by atoms with Gasteiger partial charge >= 0.3 is 0 Å². The highest BCUT2D eigenvalue weighted by Gasteiger charge is 2.33. The lowest BCUT2D eigenvalue weighted by Crippen LogP contribution is -2.54. The number of carbonyl (C=O) groups excluding carboxylic acids is 2. The van der Waals surface area contributed by atoms with Crippen LogP contribution >= 0.6 is 0 Å². The minimum absolute atomic E-state index is 0.0767. The van der Waals surface area contributed by atoms with Gasteiger partial charge in [-0.15, -0.1) is 0 Å². The summed E-state index contributed by atoms with van der Waals surface area (Å²) in [7, 11) is -3.80. The highest BCUT2D eigenvalue weighted by Crippen LogP contribution is 2.24. The Morgan fingerprint density at radius 2 is 1.49 bits per heavy atom. The minimum Gasteiger partial charge on any atom is -0.352 e. The van der Waals surface area contributed by atoms with Crippen LogP contribution in [0, 0.1) is 13.8 Å². The van der Waals surface area contributed by atoms with Crippen molar-refractivity contribution in [2.45, 2.75) is 59.2 Å². The van der Waals surface area contributed by atoms with Gasteiger partial charge in [-0.25, -0.2) is 8.42 Å². The van der Waals surface area contributed by atoms with Crippen LogP contribution in [0.5, 0.6) is 0 Å². The maximum Gasteiger partial charge on any atom is 0.244 e. The van der Waals surface area contributed by atoms with E-state index < -0.39 is 28.5 Å². The number of sulfonamides is 1. The van der Waals surface area contributed by atoms with Crippen molar-refractivity contribution >= 4 is 27.5 Å². The van der Waals surface area contributed by atoms with Crippen molar-refractivity contribution in [2.75, 3.05) is 17.1 Å². The Morgan fingerprint density at radius 3 is 2.03 bits per heavy atom. The minimum atomic E-state index is -3.80. The lowest BCUT2D eigenvalue weighted by Gasteiger charge is -2.34. The van der Waals surface area contributed by atoms with E-state index in [0.29, 0.717) is 12.1 Å². The van der Waals surface area contributed by atoms with Crippen molar-refractivity contribution < 1.29 is 18.0 Å². The molecule has 1 N–H and O–H groups in total. The number of hydrogen-bond donors (Lipinski definition) is 1. The van der Waals surface area contributed by atoms with Gasteiger partial charge in [0.05, 0.1) is 11.9 Å².